The molecule has 0 bridgehead atoms. The lowest BCUT2D eigenvalue weighted by Gasteiger charge is -2.05. The molecule has 1 aromatic heterocycles. The number of hydrogen-bond donors (Lipinski definition) is 1. The smallest absolute Gasteiger partial charge is 0.303 e. The first kappa shape index (κ1) is 17.2. The summed E-state index contributed by atoms with van der Waals surface area (Å²) in [6.07, 6.45) is 11.4. The maximum Gasteiger partial charge on any atom is 0.303 e. The van der Waals surface area contributed by atoms with Gasteiger partial charge in [0.1, 0.15) is 0 Å². The van der Waals surface area contributed by atoms with Gasteiger partial charge in [0.2, 0.25) is 0 Å². The number of aliphatic carboxylic acids is 1. The van der Waals surface area contributed by atoms with Crippen LogP contribution in [0.15, 0.2) is 48.8 Å². The van der Waals surface area contributed by atoms with Crippen LogP contribution in [0.25, 0.3) is 0 Å². The number of aromatic nitrogens is 1. The van der Waals surface area contributed by atoms with Crippen molar-refractivity contribution in [3.05, 3.63) is 65.5 Å². The largest absolute Gasteiger partial charge is 0.481 e. The fourth-order valence-electron chi connectivity index (χ4n) is 2.70. The van der Waals surface area contributed by atoms with E-state index in [1.54, 1.807) is 6.20 Å². The number of benzene rings is 1. The number of rotatable bonds is 10. The van der Waals surface area contributed by atoms with Gasteiger partial charge in [0.25, 0.3) is 0 Å². The van der Waals surface area contributed by atoms with Crippen molar-refractivity contribution in [2.24, 2.45) is 0 Å². The van der Waals surface area contributed by atoms with Crippen LogP contribution in [0.3, 0.4) is 0 Å². The van der Waals surface area contributed by atoms with Gasteiger partial charge in [0.15, 0.2) is 0 Å². The van der Waals surface area contributed by atoms with Crippen LogP contribution in [0, 0.1) is 0 Å². The molecule has 1 aromatic carbocycles. The van der Waals surface area contributed by atoms with Crippen molar-refractivity contribution in [1.29, 1.82) is 0 Å². The second-order valence-electron chi connectivity index (χ2n) is 6.02. The van der Waals surface area contributed by atoms with Gasteiger partial charge in [-0.2, -0.15) is 0 Å². The van der Waals surface area contributed by atoms with Crippen LogP contribution in [0.1, 0.15) is 55.2 Å². The van der Waals surface area contributed by atoms with Crippen LogP contribution in [-0.4, -0.2) is 16.1 Å². The third-order valence-electron chi connectivity index (χ3n) is 4.01. The lowest BCUT2D eigenvalue weighted by Crippen LogP contribution is -1.94. The maximum atomic E-state index is 10.4. The van der Waals surface area contributed by atoms with E-state index < -0.39 is 5.97 Å². The van der Waals surface area contributed by atoms with E-state index in [-0.39, 0.29) is 0 Å². The van der Waals surface area contributed by atoms with E-state index >= 15 is 0 Å². The molecule has 0 spiro atoms. The minimum absolute atomic E-state index is 0.304. The molecule has 0 aliphatic heterocycles. The van der Waals surface area contributed by atoms with Gasteiger partial charge in [0.05, 0.1) is 0 Å². The molecule has 0 saturated heterocycles. The number of nitrogens with zero attached hydrogens (tertiary/aromatic N) is 1. The lowest BCUT2D eigenvalue weighted by atomic mass is 10.0. The minimum atomic E-state index is -0.684. The zero-order valence-electron chi connectivity index (χ0n) is 13.6. The topological polar surface area (TPSA) is 50.2 Å². The Morgan fingerprint density at radius 1 is 0.870 bits per heavy atom. The van der Waals surface area contributed by atoms with Crippen LogP contribution >= 0.6 is 0 Å². The first-order valence-corrected chi connectivity index (χ1v) is 8.42. The van der Waals surface area contributed by atoms with Crippen molar-refractivity contribution in [2.45, 2.75) is 51.4 Å². The predicted octanol–water partition coefficient (Wildman–Crippen LogP) is 4.64. The summed E-state index contributed by atoms with van der Waals surface area (Å²) in [6.45, 7) is 0. The number of unbranched alkanes of at least 4 members (excludes halogenated alkanes) is 4. The third-order valence-corrected chi connectivity index (χ3v) is 4.01. The Morgan fingerprint density at radius 2 is 1.57 bits per heavy atom. The highest BCUT2D eigenvalue weighted by Crippen LogP contribution is 2.13. The number of aryl methyl sites for hydroxylation is 1. The Balaban J connectivity index is 1.64. The fourth-order valence-corrected chi connectivity index (χ4v) is 2.70. The van der Waals surface area contributed by atoms with Gasteiger partial charge < -0.3 is 5.11 Å². The van der Waals surface area contributed by atoms with Crippen molar-refractivity contribution in [2.75, 3.05) is 0 Å². The van der Waals surface area contributed by atoms with Gasteiger partial charge in [0, 0.05) is 18.8 Å². The second-order valence-corrected chi connectivity index (χ2v) is 6.02. The SMILES string of the molecule is O=C(O)CCCCCCCc1ccc(Cc2cccnc2)cc1. The Kier molecular flexibility index (Phi) is 7.31. The summed E-state index contributed by atoms with van der Waals surface area (Å²) in [4.78, 5) is 14.6. The Labute approximate surface area is 138 Å². The Bertz CT molecular complexity index is 578. The highest BCUT2D eigenvalue weighted by Gasteiger charge is 1.99. The van der Waals surface area contributed by atoms with Gasteiger partial charge in [-0.15, -0.1) is 0 Å². The van der Waals surface area contributed by atoms with Crippen molar-refractivity contribution >= 4 is 5.97 Å². The molecule has 1 heterocycles. The number of hydrogen-bond acceptors (Lipinski definition) is 2. The highest BCUT2D eigenvalue weighted by atomic mass is 16.4. The van der Waals surface area contributed by atoms with E-state index in [2.05, 4.69) is 35.3 Å². The molecule has 0 saturated carbocycles. The standard InChI is InChI=1S/C20H25NO2/c22-20(23)9-5-3-1-2-4-7-17-10-12-18(13-11-17)15-19-8-6-14-21-16-19/h6,8,10-14,16H,1-5,7,9,15H2,(H,22,23). The number of pyridine rings is 1. The Morgan fingerprint density at radius 3 is 2.26 bits per heavy atom. The van der Waals surface area contributed by atoms with Gasteiger partial charge in [-0.3, -0.25) is 9.78 Å². The van der Waals surface area contributed by atoms with E-state index in [0.717, 1.165) is 32.1 Å². The van der Waals surface area contributed by atoms with E-state index in [4.69, 9.17) is 5.11 Å². The third kappa shape index (κ3) is 7.09. The van der Waals surface area contributed by atoms with Crippen molar-refractivity contribution in [1.82, 2.24) is 4.98 Å². The zero-order chi connectivity index (χ0) is 16.3. The average Bonchev–Trinajstić information content (AvgIpc) is 2.56. The van der Waals surface area contributed by atoms with Crippen LogP contribution in [0.4, 0.5) is 0 Å². The molecule has 122 valence electrons. The van der Waals surface area contributed by atoms with E-state index in [9.17, 15) is 4.79 Å². The second kappa shape index (κ2) is 9.78. The van der Waals surface area contributed by atoms with E-state index in [1.807, 2.05) is 12.3 Å². The van der Waals surface area contributed by atoms with Gasteiger partial charge in [-0.1, -0.05) is 49.6 Å². The fraction of sp³-hybridized carbons (Fsp3) is 0.400. The summed E-state index contributed by atoms with van der Waals surface area (Å²) in [7, 11) is 0. The zero-order valence-corrected chi connectivity index (χ0v) is 13.6. The summed E-state index contributed by atoms with van der Waals surface area (Å²) in [6, 6.07) is 12.9. The molecular formula is C20H25NO2. The minimum Gasteiger partial charge on any atom is -0.481 e. The van der Waals surface area contributed by atoms with Crippen LogP contribution in [-0.2, 0) is 17.6 Å². The van der Waals surface area contributed by atoms with Gasteiger partial charge in [-0.25, -0.2) is 0 Å². The molecular weight excluding hydrogens is 286 g/mol. The molecule has 0 aliphatic rings. The van der Waals surface area contributed by atoms with Crippen molar-refractivity contribution in [3.8, 4) is 0 Å². The molecule has 0 amide bonds. The first-order valence-electron chi connectivity index (χ1n) is 8.42. The van der Waals surface area contributed by atoms with E-state index in [1.165, 1.54) is 29.5 Å². The molecule has 2 aromatic rings. The maximum absolute atomic E-state index is 10.4. The van der Waals surface area contributed by atoms with Crippen LogP contribution in [0.5, 0.6) is 0 Å². The summed E-state index contributed by atoms with van der Waals surface area (Å²) < 4.78 is 0. The van der Waals surface area contributed by atoms with Gasteiger partial charge >= 0.3 is 5.97 Å². The van der Waals surface area contributed by atoms with Crippen LogP contribution < -0.4 is 0 Å². The van der Waals surface area contributed by atoms with Crippen molar-refractivity contribution in [3.63, 3.8) is 0 Å². The summed E-state index contributed by atoms with van der Waals surface area (Å²) in [5, 5.41) is 8.58. The molecule has 2 rings (SSSR count). The predicted molar refractivity (Wildman–Crippen MR) is 92.5 cm³/mol. The first-order chi connectivity index (χ1) is 11.2. The van der Waals surface area contributed by atoms with Crippen LogP contribution in [0.2, 0.25) is 0 Å². The lowest BCUT2D eigenvalue weighted by molar-refractivity contribution is -0.137. The summed E-state index contributed by atoms with van der Waals surface area (Å²) in [5.74, 6) is -0.684. The normalized spacial score (nSPS) is 10.6. The summed E-state index contributed by atoms with van der Waals surface area (Å²) in [5.41, 5.74) is 3.93. The molecule has 3 nitrogen and oxygen atoms in total. The van der Waals surface area contributed by atoms with Crippen molar-refractivity contribution < 1.29 is 9.90 Å². The molecule has 3 heteroatoms. The monoisotopic (exact) mass is 311 g/mol. The molecule has 0 unspecified atom stereocenters. The number of carboxylic acids is 1. The molecule has 0 aliphatic carbocycles. The molecule has 0 radical (unpaired) electrons. The quantitative estimate of drug-likeness (QED) is 0.650. The molecule has 0 atom stereocenters. The molecule has 23 heavy (non-hydrogen) atoms. The molecule has 0 fully saturated rings. The highest BCUT2D eigenvalue weighted by molar-refractivity contribution is 5.66. The Hall–Kier alpha value is -2.16. The van der Waals surface area contributed by atoms with E-state index in [0.29, 0.717) is 6.42 Å². The van der Waals surface area contributed by atoms with Gasteiger partial charge in [-0.05, 0) is 48.4 Å². The number of carboxylic acid groups (broad SMARTS) is 1. The molecule has 1 N–H and O–H groups in total. The summed E-state index contributed by atoms with van der Waals surface area (Å²) >= 11 is 0. The average molecular weight is 311 g/mol. The number of carbonyl (C=O) groups is 1.